The van der Waals surface area contributed by atoms with Crippen LogP contribution in [0.4, 0.5) is 0 Å². The number of carbonyl (C=O) groups excluding carboxylic acids is 3. The summed E-state index contributed by atoms with van der Waals surface area (Å²) in [7, 11) is 0. The fraction of sp³-hybridized carbons (Fsp3) is 0.948. The maximum absolute atomic E-state index is 12.8. The lowest BCUT2D eigenvalue weighted by Gasteiger charge is -2.18. The smallest absolute Gasteiger partial charge is 0.306 e. The van der Waals surface area contributed by atoms with Gasteiger partial charge in [-0.05, 0) is 31.1 Å². The third-order valence-electron chi connectivity index (χ3n) is 13.6. The minimum absolute atomic E-state index is 0.0631. The maximum Gasteiger partial charge on any atom is 0.306 e. The summed E-state index contributed by atoms with van der Waals surface area (Å²) in [5.41, 5.74) is 0. The number of carbonyl (C=O) groups is 3. The molecule has 0 aromatic heterocycles. The summed E-state index contributed by atoms with van der Waals surface area (Å²) in [4.78, 5) is 38.1. The van der Waals surface area contributed by atoms with Crippen molar-refractivity contribution in [2.75, 3.05) is 13.2 Å². The Kier molecular flexibility index (Phi) is 49.6. The van der Waals surface area contributed by atoms with Crippen LogP contribution < -0.4 is 0 Å². The van der Waals surface area contributed by atoms with Gasteiger partial charge in [0.1, 0.15) is 13.2 Å². The van der Waals surface area contributed by atoms with Crippen LogP contribution in [0.1, 0.15) is 324 Å². The number of ether oxygens (including phenoxy) is 3. The van der Waals surface area contributed by atoms with Gasteiger partial charge in [0.2, 0.25) is 0 Å². The molecule has 6 nitrogen and oxygen atoms in total. The monoisotopic (exact) mass is 905 g/mol. The molecule has 0 saturated carbocycles. The van der Waals surface area contributed by atoms with Crippen LogP contribution in [0.25, 0.3) is 0 Å². The van der Waals surface area contributed by atoms with Crippen LogP contribution in [0.3, 0.4) is 0 Å². The van der Waals surface area contributed by atoms with Gasteiger partial charge in [-0.3, -0.25) is 14.4 Å². The number of unbranched alkanes of at least 4 members (excludes halogenated alkanes) is 36. The third-order valence-corrected chi connectivity index (χ3v) is 13.6. The molecular formula is C58H112O6. The van der Waals surface area contributed by atoms with Crippen molar-refractivity contribution >= 4 is 17.9 Å². The molecule has 0 rings (SSSR count). The van der Waals surface area contributed by atoms with Gasteiger partial charge in [0, 0.05) is 19.3 Å². The number of rotatable bonds is 52. The molecule has 6 heteroatoms. The summed E-state index contributed by atoms with van der Waals surface area (Å²) in [5, 5.41) is 0. The summed E-state index contributed by atoms with van der Waals surface area (Å²) >= 11 is 0. The van der Waals surface area contributed by atoms with E-state index in [2.05, 4.69) is 34.6 Å². The van der Waals surface area contributed by atoms with Gasteiger partial charge in [-0.2, -0.15) is 0 Å². The normalized spacial score (nSPS) is 12.5. The van der Waals surface area contributed by atoms with Crippen molar-refractivity contribution < 1.29 is 28.6 Å². The zero-order chi connectivity index (χ0) is 46.8. The Bertz CT molecular complexity index is 980. The first-order valence-electron chi connectivity index (χ1n) is 28.8. The molecule has 1 unspecified atom stereocenters. The van der Waals surface area contributed by atoms with Gasteiger partial charge in [0.05, 0.1) is 0 Å². The second kappa shape index (κ2) is 50.8. The van der Waals surface area contributed by atoms with Crippen molar-refractivity contribution in [3.8, 4) is 0 Å². The van der Waals surface area contributed by atoms with E-state index in [-0.39, 0.29) is 31.1 Å². The zero-order valence-electron chi connectivity index (χ0n) is 43.9. The van der Waals surface area contributed by atoms with Gasteiger partial charge in [-0.15, -0.1) is 0 Å². The van der Waals surface area contributed by atoms with E-state index in [0.717, 1.165) is 69.6 Å². The Labute approximate surface area is 399 Å². The average Bonchev–Trinajstić information content (AvgIpc) is 3.28. The van der Waals surface area contributed by atoms with Gasteiger partial charge >= 0.3 is 17.9 Å². The van der Waals surface area contributed by atoms with Gasteiger partial charge in [0.15, 0.2) is 6.10 Å². The van der Waals surface area contributed by atoms with Crippen molar-refractivity contribution in [3.05, 3.63) is 0 Å². The van der Waals surface area contributed by atoms with E-state index in [4.69, 9.17) is 14.2 Å². The molecule has 0 heterocycles. The van der Waals surface area contributed by atoms with E-state index < -0.39 is 6.10 Å². The lowest BCUT2D eigenvalue weighted by atomic mass is 9.99. The van der Waals surface area contributed by atoms with E-state index in [9.17, 15) is 14.4 Å². The standard InChI is InChI=1S/C58H112O6/c1-6-8-9-10-11-12-13-14-15-16-20-23-28-33-38-43-48-56(59)62-51-55(64-58(61)50-45-40-35-30-25-26-31-36-41-46-53(3)4)52-63-57(60)49-44-39-34-29-24-21-18-17-19-22-27-32-37-42-47-54(5)7-2/h53-55H,6-52H2,1-5H3/t54?,55-/m1/s1. The molecule has 0 aliphatic rings. The van der Waals surface area contributed by atoms with Gasteiger partial charge in [-0.1, -0.05) is 285 Å². The highest BCUT2D eigenvalue weighted by Crippen LogP contribution is 2.18. The largest absolute Gasteiger partial charge is 0.462 e. The molecule has 0 aliphatic heterocycles. The van der Waals surface area contributed by atoms with Crippen molar-refractivity contribution in [2.45, 2.75) is 330 Å². The molecule has 2 atom stereocenters. The molecule has 0 aromatic carbocycles. The van der Waals surface area contributed by atoms with Crippen LogP contribution in [-0.2, 0) is 28.6 Å². The zero-order valence-corrected chi connectivity index (χ0v) is 43.9. The van der Waals surface area contributed by atoms with Crippen molar-refractivity contribution in [3.63, 3.8) is 0 Å². The predicted molar refractivity (Wildman–Crippen MR) is 275 cm³/mol. The molecule has 0 N–H and O–H groups in total. The molecule has 0 aromatic rings. The molecule has 0 bridgehead atoms. The number of hydrogen-bond acceptors (Lipinski definition) is 6. The Morgan fingerprint density at radius 2 is 0.594 bits per heavy atom. The van der Waals surface area contributed by atoms with Crippen LogP contribution in [0.15, 0.2) is 0 Å². The third kappa shape index (κ3) is 49.8. The van der Waals surface area contributed by atoms with Gasteiger partial charge in [-0.25, -0.2) is 0 Å². The summed E-state index contributed by atoms with van der Waals surface area (Å²) in [6.07, 6.45) is 53.7. The van der Waals surface area contributed by atoms with E-state index in [1.807, 2.05) is 0 Å². The summed E-state index contributed by atoms with van der Waals surface area (Å²) in [5.74, 6) is 0.860. The first-order valence-corrected chi connectivity index (χ1v) is 28.8. The minimum atomic E-state index is -0.763. The van der Waals surface area contributed by atoms with Crippen LogP contribution in [0, 0.1) is 11.8 Å². The highest BCUT2D eigenvalue weighted by molar-refractivity contribution is 5.71. The number of esters is 3. The van der Waals surface area contributed by atoms with E-state index in [0.29, 0.717) is 19.3 Å². The predicted octanol–water partition coefficient (Wildman–Crippen LogP) is 18.9. The molecular weight excluding hydrogens is 793 g/mol. The maximum atomic E-state index is 12.8. The lowest BCUT2D eigenvalue weighted by Crippen LogP contribution is -2.30. The second-order valence-corrected chi connectivity index (χ2v) is 20.6. The summed E-state index contributed by atoms with van der Waals surface area (Å²) < 4.78 is 16.9. The Morgan fingerprint density at radius 3 is 0.891 bits per heavy atom. The average molecular weight is 906 g/mol. The second-order valence-electron chi connectivity index (χ2n) is 20.6. The van der Waals surface area contributed by atoms with Crippen LogP contribution >= 0.6 is 0 Å². The molecule has 0 aliphatic carbocycles. The fourth-order valence-corrected chi connectivity index (χ4v) is 8.84. The molecule has 0 spiro atoms. The van der Waals surface area contributed by atoms with Gasteiger partial charge in [0.25, 0.3) is 0 Å². The quantitative estimate of drug-likeness (QED) is 0.0344. The summed E-state index contributed by atoms with van der Waals surface area (Å²) in [6, 6.07) is 0. The van der Waals surface area contributed by atoms with Crippen molar-refractivity contribution in [1.82, 2.24) is 0 Å². The van der Waals surface area contributed by atoms with E-state index in [1.54, 1.807) is 0 Å². The molecule has 64 heavy (non-hydrogen) atoms. The Balaban J connectivity index is 4.27. The van der Waals surface area contributed by atoms with Gasteiger partial charge < -0.3 is 14.2 Å². The molecule has 0 amide bonds. The molecule has 0 fully saturated rings. The summed E-state index contributed by atoms with van der Waals surface area (Å²) in [6.45, 7) is 11.4. The highest BCUT2D eigenvalue weighted by atomic mass is 16.6. The highest BCUT2D eigenvalue weighted by Gasteiger charge is 2.19. The minimum Gasteiger partial charge on any atom is -0.462 e. The molecule has 380 valence electrons. The van der Waals surface area contributed by atoms with Crippen LogP contribution in [-0.4, -0.2) is 37.2 Å². The topological polar surface area (TPSA) is 78.9 Å². The van der Waals surface area contributed by atoms with E-state index >= 15 is 0 Å². The van der Waals surface area contributed by atoms with Crippen molar-refractivity contribution in [1.29, 1.82) is 0 Å². The van der Waals surface area contributed by atoms with Crippen LogP contribution in [0.2, 0.25) is 0 Å². The first-order chi connectivity index (χ1) is 31.3. The Hall–Kier alpha value is -1.59. The lowest BCUT2D eigenvalue weighted by molar-refractivity contribution is -0.167. The van der Waals surface area contributed by atoms with E-state index in [1.165, 1.54) is 212 Å². The SMILES string of the molecule is CCCCCCCCCCCCCCCCCCC(=O)OC[C@H](COC(=O)CCCCCCCCCCCCCCCCC(C)CC)OC(=O)CCCCCCCCCCCC(C)C. The Morgan fingerprint density at radius 1 is 0.328 bits per heavy atom. The van der Waals surface area contributed by atoms with Crippen molar-refractivity contribution in [2.24, 2.45) is 11.8 Å². The van der Waals surface area contributed by atoms with Crippen LogP contribution in [0.5, 0.6) is 0 Å². The fourth-order valence-electron chi connectivity index (χ4n) is 8.84. The molecule has 0 saturated heterocycles. The number of hydrogen-bond donors (Lipinski definition) is 0. The first kappa shape index (κ1) is 62.4. The molecule has 0 radical (unpaired) electrons.